The summed E-state index contributed by atoms with van der Waals surface area (Å²) < 4.78 is 55.5. The molecule has 0 radical (unpaired) electrons. The zero-order chi connectivity index (χ0) is 29.9. The molecule has 11 atom stereocenters. The van der Waals surface area contributed by atoms with Crippen molar-refractivity contribution in [2.45, 2.75) is 140 Å². The summed E-state index contributed by atoms with van der Waals surface area (Å²) in [5.74, 6) is 0.636. The molecular weight excluding hydrogens is 520 g/mol. The SMILES string of the molecule is [3H][C@H](C[C@@H]1OC(C[C@H](C)CC)[C@H](C)[C@H]1CS(=O)(=O)c1ccccc1)C(=C)[C@H](C)CC1CC[C@@H]2O[C@@H](C)C[C@]2(CC)O1. The summed E-state index contributed by atoms with van der Waals surface area (Å²) in [7, 11) is -3.47. The Morgan fingerprint density at radius 2 is 1.82 bits per heavy atom. The minimum atomic E-state index is -3.47. The Bertz CT molecular complexity index is 1110. The van der Waals surface area contributed by atoms with E-state index in [1.54, 1.807) is 24.3 Å². The van der Waals surface area contributed by atoms with E-state index in [1.807, 2.05) is 6.07 Å². The molecule has 3 saturated heterocycles. The van der Waals surface area contributed by atoms with E-state index in [9.17, 15) is 8.42 Å². The van der Waals surface area contributed by atoms with Crippen LogP contribution in [0.5, 0.6) is 0 Å². The highest BCUT2D eigenvalue weighted by Gasteiger charge is 2.51. The predicted octanol–water partition coefficient (Wildman–Crippen LogP) is 7.78. The Balaban J connectivity index is 1.42. The average molecular weight is 577 g/mol. The van der Waals surface area contributed by atoms with Crippen molar-refractivity contribution in [1.29, 1.82) is 0 Å². The third-order valence-corrected chi connectivity index (χ3v) is 12.0. The van der Waals surface area contributed by atoms with Gasteiger partial charge in [-0.05, 0) is 81.7 Å². The first kappa shape index (κ1) is 30.3. The maximum Gasteiger partial charge on any atom is 0.178 e. The van der Waals surface area contributed by atoms with Crippen LogP contribution in [-0.4, -0.2) is 50.3 Å². The van der Waals surface area contributed by atoms with Crippen molar-refractivity contribution in [2.75, 3.05) is 5.75 Å². The van der Waals surface area contributed by atoms with Gasteiger partial charge in [0, 0.05) is 13.7 Å². The molecule has 0 bridgehead atoms. The summed E-state index contributed by atoms with van der Waals surface area (Å²) in [6.07, 6.45) is 6.98. The Morgan fingerprint density at radius 3 is 2.50 bits per heavy atom. The van der Waals surface area contributed by atoms with Gasteiger partial charge in [0.1, 0.15) is 0 Å². The fourth-order valence-electron chi connectivity index (χ4n) is 7.25. The second kappa shape index (κ2) is 13.4. The van der Waals surface area contributed by atoms with Crippen LogP contribution >= 0.6 is 0 Å². The minimum Gasteiger partial charge on any atom is -0.374 e. The van der Waals surface area contributed by atoms with E-state index >= 15 is 0 Å². The molecule has 3 fully saturated rings. The van der Waals surface area contributed by atoms with Gasteiger partial charge in [-0.3, -0.25) is 0 Å². The summed E-state index contributed by atoms with van der Waals surface area (Å²) in [6, 6.07) is 8.73. The lowest BCUT2D eigenvalue weighted by molar-refractivity contribution is -0.170. The third kappa shape index (κ3) is 7.22. The van der Waals surface area contributed by atoms with Gasteiger partial charge < -0.3 is 14.2 Å². The van der Waals surface area contributed by atoms with Crippen LogP contribution in [0.2, 0.25) is 0 Å². The highest BCUT2D eigenvalue weighted by Crippen LogP contribution is 2.45. The monoisotopic (exact) mass is 576 g/mol. The maximum atomic E-state index is 13.4. The molecule has 1 aromatic carbocycles. The summed E-state index contributed by atoms with van der Waals surface area (Å²) >= 11 is 0. The number of benzene rings is 1. The molecule has 3 aliphatic rings. The topological polar surface area (TPSA) is 61.8 Å². The highest BCUT2D eigenvalue weighted by atomic mass is 32.2. The zero-order valence-electron chi connectivity index (χ0n) is 26.7. The number of rotatable bonds is 13. The van der Waals surface area contributed by atoms with Crippen LogP contribution in [0.1, 0.15) is 101 Å². The van der Waals surface area contributed by atoms with Gasteiger partial charge in [-0.1, -0.05) is 71.4 Å². The predicted molar refractivity (Wildman–Crippen MR) is 162 cm³/mol. The van der Waals surface area contributed by atoms with Gasteiger partial charge >= 0.3 is 0 Å². The minimum absolute atomic E-state index is 0.00801. The average Bonchev–Trinajstić information content (AvgIpc) is 3.43. The van der Waals surface area contributed by atoms with E-state index in [4.69, 9.17) is 15.6 Å². The van der Waals surface area contributed by atoms with Crippen molar-refractivity contribution in [3.05, 3.63) is 42.5 Å². The van der Waals surface area contributed by atoms with Gasteiger partial charge in [-0.2, -0.15) is 0 Å². The molecule has 0 saturated carbocycles. The van der Waals surface area contributed by atoms with E-state index < -0.39 is 16.2 Å². The van der Waals surface area contributed by atoms with Gasteiger partial charge in [0.2, 0.25) is 0 Å². The number of fused-ring (bicyclic) bond motifs is 1. The molecule has 40 heavy (non-hydrogen) atoms. The first-order valence-electron chi connectivity index (χ1n) is 16.3. The smallest absolute Gasteiger partial charge is 0.178 e. The maximum absolute atomic E-state index is 13.4. The van der Waals surface area contributed by atoms with E-state index in [2.05, 4.69) is 48.1 Å². The molecule has 226 valence electrons. The van der Waals surface area contributed by atoms with Crippen molar-refractivity contribution < 1.29 is 24.0 Å². The molecule has 4 rings (SSSR count). The number of allylic oxidation sites excluding steroid dienone is 1. The van der Waals surface area contributed by atoms with Gasteiger partial charge in [0.15, 0.2) is 9.84 Å². The molecule has 5 nitrogen and oxygen atoms in total. The molecule has 0 aromatic heterocycles. The number of hydrogen-bond acceptors (Lipinski definition) is 5. The quantitative estimate of drug-likeness (QED) is 0.224. The number of sulfone groups is 1. The van der Waals surface area contributed by atoms with E-state index in [0.717, 1.165) is 50.5 Å². The van der Waals surface area contributed by atoms with Gasteiger partial charge in [0.25, 0.3) is 0 Å². The van der Waals surface area contributed by atoms with E-state index in [1.165, 1.54) is 0 Å². The van der Waals surface area contributed by atoms with Crippen LogP contribution in [0, 0.1) is 23.7 Å². The van der Waals surface area contributed by atoms with Gasteiger partial charge in [0.05, 0.1) is 46.8 Å². The summed E-state index contributed by atoms with van der Waals surface area (Å²) in [5, 5.41) is 0. The van der Waals surface area contributed by atoms with E-state index in [-0.39, 0.29) is 59.6 Å². The zero-order valence-corrected chi connectivity index (χ0v) is 26.5. The Labute approximate surface area is 245 Å². The van der Waals surface area contributed by atoms with Crippen molar-refractivity contribution >= 4 is 9.84 Å². The molecule has 0 aliphatic carbocycles. The van der Waals surface area contributed by atoms with Crippen LogP contribution in [0.15, 0.2) is 47.4 Å². The highest BCUT2D eigenvalue weighted by molar-refractivity contribution is 7.91. The van der Waals surface area contributed by atoms with Crippen molar-refractivity contribution in [3.8, 4) is 0 Å². The van der Waals surface area contributed by atoms with Gasteiger partial charge in [-0.25, -0.2) is 8.42 Å². The molecule has 3 heterocycles. The second-order valence-electron chi connectivity index (χ2n) is 13.1. The Hall–Kier alpha value is -1.21. The molecule has 2 unspecified atom stereocenters. The van der Waals surface area contributed by atoms with Crippen molar-refractivity contribution in [2.24, 2.45) is 23.7 Å². The molecule has 3 aliphatic heterocycles. The second-order valence-corrected chi connectivity index (χ2v) is 15.1. The molecule has 1 aromatic rings. The Morgan fingerprint density at radius 1 is 1.10 bits per heavy atom. The normalized spacial score (nSPS) is 37.0. The lowest BCUT2D eigenvalue weighted by Crippen LogP contribution is -2.48. The molecular formula is C34H54O5S. The third-order valence-electron chi connectivity index (χ3n) is 10.2. The lowest BCUT2D eigenvalue weighted by atomic mass is 9.81. The first-order chi connectivity index (χ1) is 19.4. The van der Waals surface area contributed by atoms with Crippen LogP contribution in [0.25, 0.3) is 0 Å². The fraction of sp³-hybridized carbons (Fsp3) is 0.765. The van der Waals surface area contributed by atoms with Gasteiger partial charge in [-0.15, -0.1) is 0 Å². The fourth-order valence-corrected chi connectivity index (χ4v) is 9.04. The molecule has 0 N–H and O–H groups in total. The van der Waals surface area contributed by atoms with Crippen molar-refractivity contribution in [3.63, 3.8) is 0 Å². The van der Waals surface area contributed by atoms with Crippen LogP contribution in [-0.2, 0) is 24.0 Å². The molecule has 0 spiro atoms. The molecule has 6 heteroatoms. The van der Waals surface area contributed by atoms with Crippen LogP contribution in [0.4, 0.5) is 0 Å². The first-order valence-corrected chi connectivity index (χ1v) is 17.4. The summed E-state index contributed by atoms with van der Waals surface area (Å²) in [5.41, 5.74) is 0.711. The largest absolute Gasteiger partial charge is 0.374 e. The molecule has 0 amide bonds. The lowest BCUT2D eigenvalue weighted by Gasteiger charge is -2.42. The summed E-state index contributed by atoms with van der Waals surface area (Å²) in [6.45, 7) is 17.4. The van der Waals surface area contributed by atoms with Crippen molar-refractivity contribution in [1.82, 2.24) is 0 Å². The standard InChI is InChI=1S/C34H54O5S/c1-8-23(3)19-32-27(7)30(22-40(35,36)29-13-11-10-12-14-29)31(38-32)17-15-24(4)25(5)20-28-16-18-33-34(9-2,39-28)21-26(6)37-33/h10-14,23,25-28,30-33H,4,8-9,15-22H2,1-3,5-7H3/t23-,25-,26+,27-,28?,30-,31+,32?,33+,34+/m1/s1/i15T/t15-,23-,25-,26+,27-,28?,30-,31+,32?,33+,34+. The van der Waals surface area contributed by atoms with E-state index in [0.29, 0.717) is 17.2 Å². The summed E-state index contributed by atoms with van der Waals surface area (Å²) in [4.78, 5) is 0.360. The number of ether oxygens (including phenoxy) is 3. The number of hydrogen-bond donors (Lipinski definition) is 0. The van der Waals surface area contributed by atoms with Crippen LogP contribution in [0.3, 0.4) is 0 Å². The Kier molecular flexibility index (Phi) is 10.1. The van der Waals surface area contributed by atoms with Crippen LogP contribution < -0.4 is 0 Å².